The van der Waals surface area contributed by atoms with Gasteiger partial charge in [-0.2, -0.15) is 0 Å². The van der Waals surface area contributed by atoms with Gasteiger partial charge in [0.2, 0.25) is 0 Å². The van der Waals surface area contributed by atoms with E-state index < -0.39 is 55.7 Å². The fourth-order valence-electron chi connectivity index (χ4n) is 2.95. The second-order valence-corrected chi connectivity index (χ2v) is 8.26. The molecule has 0 saturated carbocycles. The Hall–Kier alpha value is -4.50. The molecule has 9 nitrogen and oxygen atoms in total. The summed E-state index contributed by atoms with van der Waals surface area (Å²) in [6.07, 6.45) is 10.6. The van der Waals surface area contributed by atoms with E-state index in [1.165, 1.54) is 0 Å². The molecule has 0 aliphatic heterocycles. The first-order chi connectivity index (χ1) is 18.2. The predicted molar refractivity (Wildman–Crippen MR) is 139 cm³/mol. The molecule has 0 radical (unpaired) electrons. The van der Waals surface area contributed by atoms with Crippen molar-refractivity contribution in [1.29, 1.82) is 0 Å². The first-order valence-corrected chi connectivity index (χ1v) is 11.5. The van der Waals surface area contributed by atoms with Crippen molar-refractivity contribution in [2.24, 2.45) is 12.5 Å². The van der Waals surface area contributed by atoms with Gasteiger partial charge in [0.1, 0.15) is 38.9 Å². The molecule has 39 heavy (non-hydrogen) atoms. The summed E-state index contributed by atoms with van der Waals surface area (Å²) in [6.45, 7) is 8.37. The summed E-state index contributed by atoms with van der Waals surface area (Å²) in [6, 6.07) is 10.7. The van der Waals surface area contributed by atoms with Gasteiger partial charge >= 0.3 is 23.9 Å². The van der Waals surface area contributed by atoms with Crippen LogP contribution in [0.3, 0.4) is 0 Å². The number of carbonyl (C=O) groups is 4. The fourth-order valence-corrected chi connectivity index (χ4v) is 2.95. The lowest BCUT2D eigenvalue weighted by atomic mass is 9.92. The Morgan fingerprint density at radius 3 is 1.49 bits per heavy atom. The highest BCUT2D eigenvalue weighted by atomic mass is 35.5. The number of aryl methyl sites for hydroxylation is 1. The molecule has 206 valence electrons. The largest absolute Gasteiger partial charge is 1.00 e. The second-order valence-electron chi connectivity index (χ2n) is 8.26. The van der Waals surface area contributed by atoms with Crippen LogP contribution in [0.15, 0.2) is 86.8 Å². The number of nitrogens with zero attached hydrogens (tertiary/aromatic N) is 1. The Morgan fingerprint density at radius 2 is 1.08 bits per heavy atom. The highest BCUT2D eigenvalue weighted by molar-refractivity contribution is 5.90. The van der Waals surface area contributed by atoms with Gasteiger partial charge in [-0.15, -0.1) is 0 Å². The highest BCUT2D eigenvalue weighted by Gasteiger charge is 2.37. The van der Waals surface area contributed by atoms with E-state index in [1.807, 2.05) is 48.3 Å². The third-order valence-electron chi connectivity index (χ3n) is 5.19. The molecule has 0 fully saturated rings. The molecule has 1 heterocycles. The summed E-state index contributed by atoms with van der Waals surface area (Å²) >= 11 is 0. The summed E-state index contributed by atoms with van der Waals surface area (Å²) in [5, 5.41) is 0. The molecule has 0 atom stereocenters. The third kappa shape index (κ3) is 11.2. The summed E-state index contributed by atoms with van der Waals surface area (Å²) < 4.78 is 22.8. The molecule has 0 bridgehead atoms. The van der Waals surface area contributed by atoms with Gasteiger partial charge in [0, 0.05) is 30.4 Å². The van der Waals surface area contributed by atoms with E-state index in [0.717, 1.165) is 29.4 Å². The lowest BCUT2D eigenvalue weighted by Gasteiger charge is -2.31. The van der Waals surface area contributed by atoms with E-state index in [1.54, 1.807) is 24.3 Å². The maximum atomic E-state index is 12.8. The normalized spacial score (nSPS) is 10.5. The number of aromatic nitrogens is 1. The van der Waals surface area contributed by atoms with E-state index in [4.69, 9.17) is 18.9 Å². The van der Waals surface area contributed by atoms with E-state index in [2.05, 4.69) is 19.7 Å². The lowest BCUT2D eigenvalue weighted by Crippen LogP contribution is -3.00. The summed E-state index contributed by atoms with van der Waals surface area (Å²) in [4.78, 5) is 47.9. The van der Waals surface area contributed by atoms with Gasteiger partial charge in [0.05, 0.1) is 5.56 Å². The van der Waals surface area contributed by atoms with Crippen molar-refractivity contribution in [3.05, 3.63) is 103 Å². The zero-order valence-corrected chi connectivity index (χ0v) is 22.3. The van der Waals surface area contributed by atoms with Crippen LogP contribution in [0.2, 0.25) is 0 Å². The van der Waals surface area contributed by atoms with Gasteiger partial charge in [0.25, 0.3) is 0 Å². The number of rotatable bonds is 14. The SMILES string of the molecule is C=CC(=O)OCC(COC(=O)C=C)(COC(=O)C=C)COC(=O)c1ccc(C=Cc2cc[n+](C)cc2)cc1.[Cl-]. The van der Waals surface area contributed by atoms with E-state index in [-0.39, 0.29) is 18.0 Å². The number of hydrogen-bond donors (Lipinski definition) is 0. The van der Waals surface area contributed by atoms with Crippen LogP contribution in [0.5, 0.6) is 0 Å². The Balaban J connectivity index is 0.00000760. The van der Waals surface area contributed by atoms with Crippen molar-refractivity contribution in [1.82, 2.24) is 0 Å². The molecule has 0 aliphatic rings. The van der Waals surface area contributed by atoms with Gasteiger partial charge in [-0.3, -0.25) is 0 Å². The Morgan fingerprint density at radius 1 is 0.692 bits per heavy atom. The van der Waals surface area contributed by atoms with E-state index in [9.17, 15) is 19.2 Å². The van der Waals surface area contributed by atoms with Crippen LogP contribution in [0.1, 0.15) is 21.5 Å². The fraction of sp³-hybridized carbons (Fsp3) is 0.207. The highest BCUT2D eigenvalue weighted by Crippen LogP contribution is 2.22. The van der Waals surface area contributed by atoms with Crippen molar-refractivity contribution in [3.63, 3.8) is 0 Å². The van der Waals surface area contributed by atoms with Crippen molar-refractivity contribution >= 4 is 36.0 Å². The molecule has 10 heteroatoms. The van der Waals surface area contributed by atoms with Gasteiger partial charge in [-0.05, 0) is 23.3 Å². The first kappa shape index (κ1) is 32.5. The molecule has 0 saturated heterocycles. The van der Waals surface area contributed by atoms with Crippen molar-refractivity contribution in [3.8, 4) is 0 Å². The summed E-state index contributed by atoms with van der Waals surface area (Å²) in [7, 11) is 1.94. The molecule has 1 aromatic carbocycles. The monoisotopic (exact) mass is 555 g/mol. The average Bonchev–Trinajstić information content (AvgIpc) is 2.95. The minimum absolute atomic E-state index is 0. The van der Waals surface area contributed by atoms with E-state index >= 15 is 0 Å². The molecular weight excluding hydrogens is 526 g/mol. The molecular formula is C29H30ClNO8. The Bertz CT molecular complexity index is 1140. The molecule has 0 aliphatic carbocycles. The second kappa shape index (κ2) is 16.4. The van der Waals surface area contributed by atoms with Gasteiger partial charge < -0.3 is 31.4 Å². The van der Waals surface area contributed by atoms with Crippen molar-refractivity contribution < 1.29 is 55.1 Å². The van der Waals surface area contributed by atoms with E-state index in [0.29, 0.717) is 0 Å². The summed E-state index contributed by atoms with van der Waals surface area (Å²) in [5.41, 5.74) is 0.750. The topological polar surface area (TPSA) is 109 Å². The van der Waals surface area contributed by atoms with Crippen LogP contribution in [0.25, 0.3) is 12.2 Å². The molecule has 1 aromatic heterocycles. The van der Waals surface area contributed by atoms with Crippen LogP contribution in [0.4, 0.5) is 0 Å². The minimum atomic E-state index is -1.40. The number of benzene rings is 1. The molecule has 2 rings (SSSR count). The number of hydrogen-bond acceptors (Lipinski definition) is 8. The maximum Gasteiger partial charge on any atom is 0.338 e. The average molecular weight is 556 g/mol. The first-order valence-electron chi connectivity index (χ1n) is 11.5. The van der Waals surface area contributed by atoms with Crippen LogP contribution in [0, 0.1) is 5.41 Å². The third-order valence-corrected chi connectivity index (χ3v) is 5.19. The van der Waals surface area contributed by atoms with Crippen molar-refractivity contribution in [2.45, 2.75) is 0 Å². The van der Waals surface area contributed by atoms with Crippen LogP contribution in [-0.2, 0) is 40.4 Å². The maximum absolute atomic E-state index is 12.8. The Kier molecular flexibility index (Phi) is 13.6. The number of carbonyl (C=O) groups excluding carboxylic acids is 4. The smallest absolute Gasteiger partial charge is 0.338 e. The molecule has 0 spiro atoms. The van der Waals surface area contributed by atoms with Crippen LogP contribution < -0.4 is 17.0 Å². The quantitative estimate of drug-likeness (QED) is 0.139. The summed E-state index contributed by atoms with van der Waals surface area (Å²) in [5.74, 6) is -2.97. The number of ether oxygens (including phenoxy) is 4. The van der Waals surface area contributed by atoms with Gasteiger partial charge in [-0.1, -0.05) is 44.0 Å². The minimum Gasteiger partial charge on any atom is -1.00 e. The van der Waals surface area contributed by atoms with Gasteiger partial charge in [0.15, 0.2) is 12.4 Å². The number of esters is 4. The molecule has 0 N–H and O–H groups in total. The molecule has 2 aromatic rings. The van der Waals surface area contributed by atoms with Crippen LogP contribution >= 0.6 is 0 Å². The Labute approximate surface area is 233 Å². The van der Waals surface area contributed by atoms with Crippen LogP contribution in [-0.4, -0.2) is 50.3 Å². The standard InChI is InChI=1S/C29H30NO8.ClH/c1-5-25(31)35-18-29(19-36-26(32)6-2,20-37-27(33)7-3)21-38-28(34)24-12-10-22(11-13-24)8-9-23-14-16-30(4)17-15-23;/h5-17H,1-3,18-21H2,4H3;1H/q+1;/p-1. The van der Waals surface area contributed by atoms with Crippen molar-refractivity contribution in [2.75, 3.05) is 26.4 Å². The molecule has 0 amide bonds. The lowest BCUT2D eigenvalue weighted by molar-refractivity contribution is -0.671. The number of pyridine rings is 1. The van der Waals surface area contributed by atoms with Gasteiger partial charge in [-0.25, -0.2) is 23.7 Å². The number of halogens is 1. The zero-order valence-electron chi connectivity index (χ0n) is 21.5. The molecule has 0 unspecified atom stereocenters. The zero-order chi connectivity index (χ0) is 28.0. The predicted octanol–water partition coefficient (Wildman–Crippen LogP) is 0.0163.